The topological polar surface area (TPSA) is 38.3 Å². The van der Waals surface area contributed by atoms with E-state index in [1.165, 1.54) is 0 Å². The third kappa shape index (κ3) is 2.73. The van der Waals surface area contributed by atoms with E-state index in [-0.39, 0.29) is 6.04 Å². The number of halogens is 2. The van der Waals surface area contributed by atoms with Crippen molar-refractivity contribution in [1.82, 2.24) is 5.32 Å². The van der Waals surface area contributed by atoms with E-state index in [1.54, 1.807) is 0 Å². The first kappa shape index (κ1) is 9.38. The van der Waals surface area contributed by atoms with Crippen LogP contribution in [-0.4, -0.2) is 31.6 Å². The van der Waals surface area contributed by atoms with Gasteiger partial charge in [-0.1, -0.05) is 0 Å². The van der Waals surface area contributed by atoms with Gasteiger partial charge in [0.05, 0.1) is 0 Å². The Morgan fingerprint density at radius 1 is 1.42 bits per heavy atom. The number of hydrogen-bond donors (Lipinski definition) is 1. The zero-order chi connectivity index (χ0) is 8.97. The van der Waals surface area contributed by atoms with Gasteiger partial charge in [0.25, 0.3) is 5.91 Å². The Hall–Kier alpha value is -0.710. The first-order valence-electron chi connectivity index (χ1n) is 3.86. The summed E-state index contributed by atoms with van der Waals surface area (Å²) >= 11 is 0. The second kappa shape index (κ2) is 4.35. The molecule has 0 spiro atoms. The number of carbonyl (C=O) groups excluding carboxylic acids is 1. The van der Waals surface area contributed by atoms with Crippen LogP contribution in [-0.2, 0) is 9.53 Å². The van der Waals surface area contributed by atoms with E-state index in [9.17, 15) is 13.6 Å². The summed E-state index contributed by atoms with van der Waals surface area (Å²) in [4.78, 5) is 10.5. The second-order valence-electron chi connectivity index (χ2n) is 2.70. The number of amides is 1. The molecule has 0 unspecified atom stereocenters. The average molecular weight is 179 g/mol. The largest absolute Gasteiger partial charge is 0.381 e. The van der Waals surface area contributed by atoms with Crippen molar-refractivity contribution >= 4 is 5.91 Å². The molecule has 12 heavy (non-hydrogen) atoms. The lowest BCUT2D eigenvalue weighted by Crippen LogP contribution is -2.41. The summed E-state index contributed by atoms with van der Waals surface area (Å²) in [6.45, 7) is 1.07. The Balaban J connectivity index is 2.24. The molecule has 1 saturated heterocycles. The molecular formula is C7H11F2NO2. The molecule has 1 aliphatic heterocycles. The molecule has 0 aliphatic carbocycles. The predicted octanol–water partition coefficient (Wildman–Crippen LogP) is 0.547. The van der Waals surface area contributed by atoms with Crippen molar-refractivity contribution in [2.24, 2.45) is 0 Å². The smallest absolute Gasteiger partial charge is 0.315 e. The van der Waals surface area contributed by atoms with Crippen molar-refractivity contribution in [1.29, 1.82) is 0 Å². The maximum atomic E-state index is 11.7. The van der Waals surface area contributed by atoms with Crippen LogP contribution in [0.3, 0.4) is 0 Å². The summed E-state index contributed by atoms with van der Waals surface area (Å²) < 4.78 is 28.5. The summed E-state index contributed by atoms with van der Waals surface area (Å²) in [6.07, 6.45) is -1.66. The minimum Gasteiger partial charge on any atom is -0.381 e. The minimum absolute atomic E-state index is 0.139. The summed E-state index contributed by atoms with van der Waals surface area (Å²) in [5.74, 6) is -1.18. The van der Waals surface area contributed by atoms with Gasteiger partial charge in [0.2, 0.25) is 0 Å². The Morgan fingerprint density at radius 2 is 2.00 bits per heavy atom. The van der Waals surface area contributed by atoms with Crippen LogP contribution in [0.25, 0.3) is 0 Å². The van der Waals surface area contributed by atoms with E-state index in [0.29, 0.717) is 26.1 Å². The second-order valence-corrected chi connectivity index (χ2v) is 2.70. The van der Waals surface area contributed by atoms with Crippen molar-refractivity contribution in [2.45, 2.75) is 25.3 Å². The lowest BCUT2D eigenvalue weighted by molar-refractivity contribution is -0.133. The highest BCUT2D eigenvalue weighted by atomic mass is 19.3. The fourth-order valence-corrected chi connectivity index (χ4v) is 1.11. The van der Waals surface area contributed by atoms with Crippen LogP contribution < -0.4 is 5.32 Å². The molecule has 0 aromatic rings. The quantitative estimate of drug-likeness (QED) is 0.672. The number of ether oxygens (including phenoxy) is 1. The van der Waals surface area contributed by atoms with Crippen LogP contribution in [0, 0.1) is 0 Å². The molecule has 5 heteroatoms. The minimum atomic E-state index is -2.91. The molecule has 1 amide bonds. The van der Waals surface area contributed by atoms with Gasteiger partial charge in [0.15, 0.2) is 0 Å². The first-order chi connectivity index (χ1) is 5.70. The molecule has 0 aromatic carbocycles. The Labute approximate surface area is 69.1 Å². The maximum absolute atomic E-state index is 11.7. The molecular weight excluding hydrogens is 168 g/mol. The maximum Gasteiger partial charge on any atom is 0.315 e. The molecule has 0 bridgehead atoms. The van der Waals surface area contributed by atoms with Crippen LogP contribution in [0.1, 0.15) is 12.8 Å². The lowest BCUT2D eigenvalue weighted by Gasteiger charge is -2.22. The molecule has 70 valence electrons. The van der Waals surface area contributed by atoms with E-state index in [2.05, 4.69) is 5.32 Å². The van der Waals surface area contributed by atoms with Crippen molar-refractivity contribution < 1.29 is 18.3 Å². The monoisotopic (exact) mass is 179 g/mol. The molecule has 1 aliphatic rings. The Morgan fingerprint density at radius 3 is 2.50 bits per heavy atom. The SMILES string of the molecule is O=C(NC1CCOCC1)C(F)F. The van der Waals surface area contributed by atoms with Gasteiger partial charge in [-0.3, -0.25) is 4.79 Å². The number of hydrogen-bond acceptors (Lipinski definition) is 2. The fraction of sp³-hybridized carbons (Fsp3) is 0.857. The average Bonchev–Trinajstić information content (AvgIpc) is 2.06. The highest BCUT2D eigenvalue weighted by molar-refractivity contribution is 5.79. The molecule has 1 fully saturated rings. The highest BCUT2D eigenvalue weighted by Crippen LogP contribution is 2.06. The van der Waals surface area contributed by atoms with Crippen LogP contribution in [0.2, 0.25) is 0 Å². The molecule has 0 radical (unpaired) electrons. The number of alkyl halides is 2. The molecule has 0 aromatic heterocycles. The molecule has 0 saturated carbocycles. The molecule has 1 rings (SSSR count). The van der Waals surface area contributed by atoms with Crippen molar-refractivity contribution in [3.8, 4) is 0 Å². The van der Waals surface area contributed by atoms with Gasteiger partial charge in [0.1, 0.15) is 0 Å². The number of nitrogens with one attached hydrogen (secondary N) is 1. The number of carbonyl (C=O) groups is 1. The zero-order valence-electron chi connectivity index (χ0n) is 6.56. The third-order valence-corrected chi connectivity index (χ3v) is 1.77. The van der Waals surface area contributed by atoms with E-state index in [4.69, 9.17) is 4.74 Å². The van der Waals surface area contributed by atoms with Gasteiger partial charge in [0, 0.05) is 19.3 Å². The molecule has 3 nitrogen and oxygen atoms in total. The van der Waals surface area contributed by atoms with Crippen LogP contribution >= 0.6 is 0 Å². The fourth-order valence-electron chi connectivity index (χ4n) is 1.11. The van der Waals surface area contributed by atoms with Crippen molar-refractivity contribution in [2.75, 3.05) is 13.2 Å². The van der Waals surface area contributed by atoms with E-state index in [0.717, 1.165) is 0 Å². The van der Waals surface area contributed by atoms with Crippen LogP contribution in [0.5, 0.6) is 0 Å². The van der Waals surface area contributed by atoms with Crippen molar-refractivity contribution in [3.63, 3.8) is 0 Å². The summed E-state index contributed by atoms with van der Waals surface area (Å²) in [5.41, 5.74) is 0. The molecule has 0 atom stereocenters. The normalized spacial score (nSPS) is 19.6. The van der Waals surface area contributed by atoms with Gasteiger partial charge in [-0.2, -0.15) is 8.78 Å². The Kier molecular flexibility index (Phi) is 3.40. The van der Waals surface area contributed by atoms with Gasteiger partial charge >= 0.3 is 6.43 Å². The summed E-state index contributed by atoms with van der Waals surface area (Å²) in [5, 5.41) is 2.25. The van der Waals surface area contributed by atoms with Crippen LogP contribution in [0.4, 0.5) is 8.78 Å². The van der Waals surface area contributed by atoms with Gasteiger partial charge in [-0.15, -0.1) is 0 Å². The van der Waals surface area contributed by atoms with Gasteiger partial charge in [-0.05, 0) is 12.8 Å². The molecule has 1 heterocycles. The van der Waals surface area contributed by atoms with Gasteiger partial charge < -0.3 is 10.1 Å². The lowest BCUT2D eigenvalue weighted by atomic mass is 10.1. The standard InChI is InChI=1S/C7H11F2NO2/c8-6(9)7(11)10-5-1-3-12-4-2-5/h5-6H,1-4H2,(H,10,11). The first-order valence-corrected chi connectivity index (χ1v) is 3.86. The summed E-state index contributed by atoms with van der Waals surface area (Å²) in [6, 6.07) is -0.139. The molecule has 1 N–H and O–H groups in total. The van der Waals surface area contributed by atoms with E-state index >= 15 is 0 Å². The Bertz CT molecular complexity index is 157. The van der Waals surface area contributed by atoms with E-state index in [1.807, 2.05) is 0 Å². The summed E-state index contributed by atoms with van der Waals surface area (Å²) in [7, 11) is 0. The zero-order valence-corrected chi connectivity index (χ0v) is 6.56. The third-order valence-electron chi connectivity index (χ3n) is 1.77. The predicted molar refractivity (Wildman–Crippen MR) is 38.0 cm³/mol. The van der Waals surface area contributed by atoms with E-state index < -0.39 is 12.3 Å². The van der Waals surface area contributed by atoms with Gasteiger partial charge in [-0.25, -0.2) is 0 Å². The highest BCUT2D eigenvalue weighted by Gasteiger charge is 2.21. The van der Waals surface area contributed by atoms with Crippen LogP contribution in [0.15, 0.2) is 0 Å². The number of rotatable bonds is 2. The van der Waals surface area contributed by atoms with Crippen molar-refractivity contribution in [3.05, 3.63) is 0 Å².